The van der Waals surface area contributed by atoms with Crippen molar-refractivity contribution in [3.63, 3.8) is 0 Å². The third kappa shape index (κ3) is 3.43. The van der Waals surface area contributed by atoms with Gasteiger partial charge < -0.3 is 4.74 Å². The third-order valence-electron chi connectivity index (χ3n) is 3.94. The summed E-state index contributed by atoms with van der Waals surface area (Å²) < 4.78 is 6.80. The molecule has 1 aromatic heterocycles. The highest BCUT2D eigenvalue weighted by Crippen LogP contribution is 2.28. The van der Waals surface area contributed by atoms with Gasteiger partial charge in [0.05, 0.1) is 10.2 Å². The number of ether oxygens (including phenoxy) is 1. The number of nitrogens with zero attached hydrogens (tertiary/aromatic N) is 1. The molecular weight excluding hydrogens is 344 g/mol. The van der Waals surface area contributed by atoms with E-state index in [1.165, 1.54) is 11.3 Å². The van der Waals surface area contributed by atoms with Crippen LogP contribution in [0.25, 0.3) is 10.2 Å². The second-order valence-corrected chi connectivity index (χ2v) is 6.86. The van der Waals surface area contributed by atoms with E-state index in [-0.39, 0.29) is 5.91 Å². The first-order valence-corrected chi connectivity index (χ1v) is 9.01. The summed E-state index contributed by atoms with van der Waals surface area (Å²) in [7, 11) is 0. The molecule has 128 valence electrons. The minimum Gasteiger partial charge on any atom is -0.457 e. The highest BCUT2D eigenvalue weighted by molar-refractivity contribution is 7.22. The number of hydrogen-bond acceptors (Lipinski definition) is 4. The van der Waals surface area contributed by atoms with Crippen molar-refractivity contribution in [2.45, 2.75) is 6.92 Å². The van der Waals surface area contributed by atoms with Gasteiger partial charge in [0.25, 0.3) is 5.91 Å². The molecule has 1 heterocycles. The van der Waals surface area contributed by atoms with Gasteiger partial charge in [-0.3, -0.25) is 10.1 Å². The van der Waals surface area contributed by atoms with Gasteiger partial charge in [-0.2, -0.15) is 0 Å². The number of carbonyl (C=O) groups excluding carboxylic acids is 1. The van der Waals surface area contributed by atoms with Crippen LogP contribution in [0.1, 0.15) is 15.9 Å². The smallest absolute Gasteiger partial charge is 0.257 e. The van der Waals surface area contributed by atoms with Gasteiger partial charge in [-0.1, -0.05) is 41.7 Å². The first-order chi connectivity index (χ1) is 12.7. The number of para-hydroxylation sites is 2. The molecule has 0 aliphatic carbocycles. The van der Waals surface area contributed by atoms with E-state index in [0.717, 1.165) is 21.5 Å². The van der Waals surface area contributed by atoms with E-state index >= 15 is 0 Å². The van der Waals surface area contributed by atoms with Crippen LogP contribution in [-0.4, -0.2) is 10.9 Å². The average Bonchev–Trinajstić information content (AvgIpc) is 3.07. The van der Waals surface area contributed by atoms with Crippen molar-refractivity contribution in [2.75, 3.05) is 5.32 Å². The molecule has 0 saturated carbocycles. The summed E-state index contributed by atoms with van der Waals surface area (Å²) in [6, 6.07) is 22.6. The highest BCUT2D eigenvalue weighted by Gasteiger charge is 2.11. The number of rotatable bonds is 4. The fourth-order valence-corrected chi connectivity index (χ4v) is 3.55. The number of carbonyl (C=O) groups is 1. The van der Waals surface area contributed by atoms with Gasteiger partial charge in [-0.05, 0) is 55.0 Å². The standard InChI is InChI=1S/C21H16N2O2S/c1-14-6-5-9-18-19(14)22-21(26-18)23-20(24)15-10-12-17(13-11-15)25-16-7-3-2-4-8-16/h2-13H,1H3,(H,22,23,24). The molecule has 5 heteroatoms. The maximum atomic E-state index is 12.5. The Morgan fingerprint density at radius 1 is 0.923 bits per heavy atom. The van der Waals surface area contributed by atoms with E-state index in [1.54, 1.807) is 24.3 Å². The molecule has 1 amide bonds. The topological polar surface area (TPSA) is 51.2 Å². The predicted octanol–water partition coefficient (Wildman–Crippen LogP) is 5.65. The molecule has 1 N–H and O–H groups in total. The molecule has 0 atom stereocenters. The van der Waals surface area contributed by atoms with Gasteiger partial charge in [0.1, 0.15) is 11.5 Å². The van der Waals surface area contributed by atoms with Gasteiger partial charge in [-0.25, -0.2) is 4.98 Å². The number of thiazole rings is 1. The van der Waals surface area contributed by atoms with Gasteiger partial charge in [0.2, 0.25) is 0 Å². The van der Waals surface area contributed by atoms with E-state index in [4.69, 9.17) is 4.74 Å². The Hall–Kier alpha value is -3.18. The molecule has 4 rings (SSSR count). The van der Waals surface area contributed by atoms with Gasteiger partial charge in [0.15, 0.2) is 5.13 Å². The normalized spacial score (nSPS) is 10.7. The van der Waals surface area contributed by atoms with Crippen LogP contribution in [0, 0.1) is 6.92 Å². The van der Waals surface area contributed by atoms with Crippen molar-refractivity contribution in [1.82, 2.24) is 4.98 Å². The first kappa shape index (κ1) is 16.3. The summed E-state index contributed by atoms with van der Waals surface area (Å²) in [5.74, 6) is 1.26. The molecule has 0 bridgehead atoms. The Kier molecular flexibility index (Phi) is 4.37. The van der Waals surface area contributed by atoms with Crippen molar-refractivity contribution in [3.05, 3.63) is 83.9 Å². The van der Waals surface area contributed by atoms with E-state index < -0.39 is 0 Å². The summed E-state index contributed by atoms with van der Waals surface area (Å²) in [5, 5.41) is 3.47. The predicted molar refractivity (Wildman–Crippen MR) is 105 cm³/mol. The summed E-state index contributed by atoms with van der Waals surface area (Å²) in [6.45, 7) is 2.01. The minimum absolute atomic E-state index is 0.187. The van der Waals surface area contributed by atoms with Crippen molar-refractivity contribution >= 4 is 32.6 Å². The number of anilines is 1. The van der Waals surface area contributed by atoms with Crippen LogP contribution >= 0.6 is 11.3 Å². The maximum absolute atomic E-state index is 12.5. The summed E-state index contributed by atoms with van der Waals surface area (Å²) >= 11 is 1.47. The van der Waals surface area contributed by atoms with Crippen molar-refractivity contribution in [1.29, 1.82) is 0 Å². The maximum Gasteiger partial charge on any atom is 0.257 e. The van der Waals surface area contributed by atoms with Crippen LogP contribution in [0.5, 0.6) is 11.5 Å². The lowest BCUT2D eigenvalue weighted by atomic mass is 10.2. The Labute approximate surface area is 155 Å². The molecular formula is C21H16N2O2S. The van der Waals surface area contributed by atoms with Crippen LogP contribution in [0.4, 0.5) is 5.13 Å². The van der Waals surface area contributed by atoms with Gasteiger partial charge >= 0.3 is 0 Å². The second-order valence-electron chi connectivity index (χ2n) is 5.83. The summed E-state index contributed by atoms with van der Waals surface area (Å²) in [4.78, 5) is 17.0. The van der Waals surface area contributed by atoms with Crippen molar-refractivity contribution < 1.29 is 9.53 Å². The molecule has 3 aromatic carbocycles. The molecule has 26 heavy (non-hydrogen) atoms. The van der Waals surface area contributed by atoms with Crippen LogP contribution in [0.3, 0.4) is 0 Å². The second kappa shape index (κ2) is 6.98. The van der Waals surface area contributed by atoms with E-state index in [1.807, 2.05) is 55.5 Å². The zero-order valence-electron chi connectivity index (χ0n) is 14.1. The average molecular weight is 360 g/mol. The zero-order valence-corrected chi connectivity index (χ0v) is 14.9. The third-order valence-corrected chi connectivity index (χ3v) is 4.87. The molecule has 0 spiro atoms. The Bertz CT molecular complexity index is 1060. The molecule has 0 radical (unpaired) electrons. The highest BCUT2D eigenvalue weighted by atomic mass is 32.1. The number of aromatic nitrogens is 1. The molecule has 0 saturated heterocycles. The zero-order chi connectivity index (χ0) is 17.9. The lowest BCUT2D eigenvalue weighted by molar-refractivity contribution is 0.102. The van der Waals surface area contributed by atoms with Crippen molar-refractivity contribution in [3.8, 4) is 11.5 Å². The molecule has 0 unspecified atom stereocenters. The van der Waals surface area contributed by atoms with Crippen LogP contribution in [-0.2, 0) is 0 Å². The quantitative estimate of drug-likeness (QED) is 0.512. The lowest BCUT2D eigenvalue weighted by Gasteiger charge is -2.06. The van der Waals surface area contributed by atoms with E-state index in [2.05, 4.69) is 10.3 Å². The largest absolute Gasteiger partial charge is 0.457 e. The van der Waals surface area contributed by atoms with Gasteiger partial charge in [-0.15, -0.1) is 0 Å². The minimum atomic E-state index is -0.187. The number of hydrogen-bond donors (Lipinski definition) is 1. The molecule has 0 aliphatic heterocycles. The molecule has 4 nitrogen and oxygen atoms in total. The summed E-state index contributed by atoms with van der Waals surface area (Å²) in [5.41, 5.74) is 2.59. The number of nitrogens with one attached hydrogen (secondary N) is 1. The van der Waals surface area contributed by atoms with Gasteiger partial charge in [0, 0.05) is 5.56 Å². The Morgan fingerprint density at radius 3 is 2.38 bits per heavy atom. The van der Waals surface area contributed by atoms with Crippen LogP contribution in [0.15, 0.2) is 72.8 Å². The number of aryl methyl sites for hydroxylation is 1. The SMILES string of the molecule is Cc1cccc2sc(NC(=O)c3ccc(Oc4ccccc4)cc3)nc12. The fourth-order valence-electron chi connectivity index (χ4n) is 2.61. The van der Waals surface area contributed by atoms with E-state index in [9.17, 15) is 4.79 Å². The summed E-state index contributed by atoms with van der Waals surface area (Å²) in [6.07, 6.45) is 0. The van der Waals surface area contributed by atoms with E-state index in [0.29, 0.717) is 16.4 Å². The molecule has 0 aliphatic rings. The van der Waals surface area contributed by atoms with Crippen molar-refractivity contribution in [2.24, 2.45) is 0 Å². The van der Waals surface area contributed by atoms with Crippen LogP contribution < -0.4 is 10.1 Å². The number of fused-ring (bicyclic) bond motifs is 1. The number of amides is 1. The number of benzene rings is 3. The Morgan fingerprint density at radius 2 is 1.65 bits per heavy atom. The molecule has 4 aromatic rings. The lowest BCUT2D eigenvalue weighted by Crippen LogP contribution is -2.11. The monoisotopic (exact) mass is 360 g/mol. The first-order valence-electron chi connectivity index (χ1n) is 8.19. The van der Waals surface area contributed by atoms with Crippen LogP contribution in [0.2, 0.25) is 0 Å². The Balaban J connectivity index is 1.48. The fraction of sp³-hybridized carbons (Fsp3) is 0.0476. The molecule has 0 fully saturated rings.